The van der Waals surface area contributed by atoms with Crippen molar-refractivity contribution in [3.63, 3.8) is 0 Å². The van der Waals surface area contributed by atoms with Crippen LogP contribution < -0.4 is 0 Å². The third kappa shape index (κ3) is 3.30. The number of carboxylic acid groups (broad SMARTS) is 1. The standard InChI is InChI=1S/C27H30O3/c28-24-16-22(27(29)30)20-14-13-19-18(21-15-23(24)26(20)25(19)21)12-8-3-1-2-5-9-17-10-6-4-7-11-17/h1-2,4-7,9-11,13-14,16,18-21,23-26,28H,3,8,12,15H2,(H,29,30)/b2-1+,9-5+/t18-,19-,20+,21+,23+,24+,25-,26+/m1/s1. The van der Waals surface area contributed by atoms with E-state index in [1.165, 1.54) is 18.4 Å². The Morgan fingerprint density at radius 1 is 1.07 bits per heavy atom. The first kappa shape index (κ1) is 19.6. The van der Waals surface area contributed by atoms with Gasteiger partial charge in [-0.15, -0.1) is 0 Å². The molecule has 0 aromatic heterocycles. The van der Waals surface area contributed by atoms with E-state index in [-0.39, 0.29) is 11.8 Å². The van der Waals surface area contributed by atoms with Crippen molar-refractivity contribution < 1.29 is 15.0 Å². The highest BCUT2D eigenvalue weighted by Crippen LogP contribution is 2.67. The van der Waals surface area contributed by atoms with Crippen molar-refractivity contribution in [2.45, 2.75) is 31.8 Å². The van der Waals surface area contributed by atoms with Crippen molar-refractivity contribution in [2.75, 3.05) is 0 Å². The summed E-state index contributed by atoms with van der Waals surface area (Å²) in [7, 11) is 0. The molecule has 0 bridgehead atoms. The minimum Gasteiger partial charge on any atom is -0.478 e. The van der Waals surface area contributed by atoms with Crippen molar-refractivity contribution in [1.82, 2.24) is 0 Å². The Hall–Kier alpha value is -2.39. The molecule has 2 saturated carbocycles. The molecule has 0 amide bonds. The van der Waals surface area contributed by atoms with Crippen LogP contribution >= 0.6 is 0 Å². The van der Waals surface area contributed by atoms with Gasteiger partial charge >= 0.3 is 5.97 Å². The number of rotatable bonds is 7. The zero-order chi connectivity index (χ0) is 20.7. The van der Waals surface area contributed by atoms with Gasteiger partial charge in [0.15, 0.2) is 0 Å². The molecule has 0 spiro atoms. The summed E-state index contributed by atoms with van der Waals surface area (Å²) in [5.41, 5.74) is 1.63. The molecule has 156 valence electrons. The monoisotopic (exact) mass is 402 g/mol. The summed E-state index contributed by atoms with van der Waals surface area (Å²) in [5.74, 6) is 2.24. The fourth-order valence-electron chi connectivity index (χ4n) is 6.87. The van der Waals surface area contributed by atoms with E-state index in [0.29, 0.717) is 35.2 Å². The van der Waals surface area contributed by atoms with Crippen LogP contribution in [0, 0.1) is 41.4 Å². The SMILES string of the molecule is O=C(O)C1=C[C@H](O)[C@@H]2C[C@H]3[C@H](CCC/C=C/C=C/c4ccccc4)[C@H]4C=C[C@@H]1[C@@H]2[C@H]43. The van der Waals surface area contributed by atoms with Gasteiger partial charge in [-0.2, -0.15) is 0 Å². The Labute approximate surface area is 178 Å². The summed E-state index contributed by atoms with van der Waals surface area (Å²) in [4.78, 5) is 11.7. The summed E-state index contributed by atoms with van der Waals surface area (Å²) in [6.45, 7) is 0. The second-order valence-corrected chi connectivity index (χ2v) is 9.42. The maximum atomic E-state index is 11.7. The molecule has 2 fully saturated rings. The Morgan fingerprint density at radius 2 is 1.90 bits per heavy atom. The maximum Gasteiger partial charge on any atom is 0.331 e. The van der Waals surface area contributed by atoms with Crippen LogP contribution in [0.5, 0.6) is 0 Å². The van der Waals surface area contributed by atoms with Gasteiger partial charge in [0.1, 0.15) is 0 Å². The average molecular weight is 403 g/mol. The van der Waals surface area contributed by atoms with Gasteiger partial charge in [-0.1, -0.05) is 66.8 Å². The number of benzene rings is 1. The normalized spacial score (nSPS) is 38.5. The maximum absolute atomic E-state index is 11.7. The van der Waals surface area contributed by atoms with Crippen molar-refractivity contribution in [3.8, 4) is 0 Å². The van der Waals surface area contributed by atoms with Crippen LogP contribution in [0.25, 0.3) is 6.08 Å². The Kier molecular flexibility index (Phi) is 5.24. The molecule has 2 N–H and O–H groups in total. The molecule has 4 aliphatic carbocycles. The highest BCUT2D eigenvalue weighted by atomic mass is 16.4. The summed E-state index contributed by atoms with van der Waals surface area (Å²) < 4.78 is 0. The number of allylic oxidation sites excluding steroid dienone is 5. The van der Waals surface area contributed by atoms with E-state index in [0.717, 1.165) is 12.8 Å². The van der Waals surface area contributed by atoms with Gasteiger partial charge in [0.25, 0.3) is 0 Å². The van der Waals surface area contributed by atoms with Crippen molar-refractivity contribution in [1.29, 1.82) is 0 Å². The summed E-state index contributed by atoms with van der Waals surface area (Å²) in [6.07, 6.45) is 18.7. The number of carboxylic acids is 1. The van der Waals surface area contributed by atoms with Crippen molar-refractivity contribution in [2.24, 2.45) is 41.4 Å². The molecular weight excluding hydrogens is 372 g/mol. The topological polar surface area (TPSA) is 57.5 Å². The van der Waals surface area contributed by atoms with E-state index in [4.69, 9.17) is 0 Å². The van der Waals surface area contributed by atoms with Crippen molar-refractivity contribution >= 4 is 12.0 Å². The quantitative estimate of drug-likeness (QED) is 0.378. The van der Waals surface area contributed by atoms with Crippen LogP contribution in [0.15, 0.2) is 72.4 Å². The lowest BCUT2D eigenvalue weighted by Gasteiger charge is -2.54. The zero-order valence-electron chi connectivity index (χ0n) is 17.2. The smallest absolute Gasteiger partial charge is 0.331 e. The molecule has 0 heterocycles. The third-order valence-corrected chi connectivity index (χ3v) is 8.06. The minimum absolute atomic E-state index is 0.00225. The molecule has 1 aromatic carbocycles. The van der Waals surface area contributed by atoms with Crippen LogP contribution in [0.3, 0.4) is 0 Å². The molecule has 1 aromatic rings. The predicted octanol–water partition coefficient (Wildman–Crippen LogP) is 5.11. The number of hydrogen-bond donors (Lipinski definition) is 2. The number of hydrogen-bond acceptors (Lipinski definition) is 2. The average Bonchev–Trinajstić information content (AvgIpc) is 3.11. The van der Waals surface area contributed by atoms with Gasteiger partial charge < -0.3 is 10.2 Å². The lowest BCUT2D eigenvalue weighted by molar-refractivity contribution is -0.134. The van der Waals surface area contributed by atoms with Crippen LogP contribution in [-0.4, -0.2) is 22.3 Å². The Bertz CT molecular complexity index is 909. The van der Waals surface area contributed by atoms with Gasteiger partial charge in [-0.05, 0) is 72.8 Å². The number of aliphatic hydroxyl groups excluding tert-OH is 1. The minimum atomic E-state index is -0.868. The first-order chi connectivity index (χ1) is 14.6. The summed E-state index contributed by atoms with van der Waals surface area (Å²) in [5, 5.41) is 20.1. The van der Waals surface area contributed by atoms with Gasteiger partial charge in [0.05, 0.1) is 6.10 Å². The van der Waals surface area contributed by atoms with Crippen molar-refractivity contribution in [3.05, 3.63) is 77.9 Å². The molecule has 0 unspecified atom stereocenters. The van der Waals surface area contributed by atoms with Gasteiger partial charge in [0.2, 0.25) is 0 Å². The largest absolute Gasteiger partial charge is 0.478 e. The molecule has 8 atom stereocenters. The number of aliphatic hydroxyl groups is 1. The summed E-state index contributed by atoms with van der Waals surface area (Å²) in [6, 6.07) is 10.3. The van der Waals surface area contributed by atoms with Crippen LogP contribution in [0.2, 0.25) is 0 Å². The van der Waals surface area contributed by atoms with E-state index >= 15 is 0 Å². The van der Waals surface area contributed by atoms with E-state index in [9.17, 15) is 15.0 Å². The van der Waals surface area contributed by atoms with E-state index in [2.05, 4.69) is 48.6 Å². The molecule has 3 heteroatoms. The number of aliphatic carboxylic acids is 1. The second-order valence-electron chi connectivity index (χ2n) is 9.42. The highest BCUT2D eigenvalue weighted by Gasteiger charge is 2.63. The zero-order valence-corrected chi connectivity index (χ0v) is 17.2. The lowest BCUT2D eigenvalue weighted by atomic mass is 9.50. The first-order valence-electron chi connectivity index (χ1n) is 11.3. The van der Waals surface area contributed by atoms with Crippen LogP contribution in [0.1, 0.15) is 31.2 Å². The number of carbonyl (C=O) groups is 1. The molecule has 4 aliphatic rings. The molecular formula is C27H30O3. The van der Waals surface area contributed by atoms with Crippen LogP contribution in [0.4, 0.5) is 0 Å². The first-order valence-corrected chi connectivity index (χ1v) is 11.3. The molecule has 5 rings (SSSR count). The molecule has 30 heavy (non-hydrogen) atoms. The van der Waals surface area contributed by atoms with Crippen LogP contribution in [-0.2, 0) is 4.79 Å². The fraction of sp³-hybridized carbons (Fsp3) is 0.444. The molecule has 0 aliphatic heterocycles. The second kappa shape index (κ2) is 8.03. The third-order valence-electron chi connectivity index (χ3n) is 8.06. The fourth-order valence-corrected chi connectivity index (χ4v) is 6.87. The Morgan fingerprint density at radius 3 is 2.70 bits per heavy atom. The van der Waals surface area contributed by atoms with Gasteiger partial charge in [0, 0.05) is 11.5 Å². The van der Waals surface area contributed by atoms with Gasteiger partial charge in [-0.25, -0.2) is 4.79 Å². The lowest BCUT2D eigenvalue weighted by Crippen LogP contribution is -2.50. The van der Waals surface area contributed by atoms with E-state index < -0.39 is 12.1 Å². The molecule has 0 radical (unpaired) electrons. The predicted molar refractivity (Wildman–Crippen MR) is 118 cm³/mol. The highest BCUT2D eigenvalue weighted by molar-refractivity contribution is 5.88. The van der Waals surface area contributed by atoms with E-state index in [1.54, 1.807) is 6.08 Å². The van der Waals surface area contributed by atoms with E-state index in [1.807, 2.05) is 18.2 Å². The molecule has 3 nitrogen and oxygen atoms in total. The number of unbranched alkanes of at least 4 members (excludes halogenated alkanes) is 1. The summed E-state index contributed by atoms with van der Waals surface area (Å²) >= 11 is 0. The van der Waals surface area contributed by atoms with Gasteiger partial charge in [-0.3, -0.25) is 0 Å². The molecule has 0 saturated heterocycles. The Balaban J connectivity index is 1.16.